The lowest BCUT2D eigenvalue weighted by Crippen LogP contribution is -2.59. The third kappa shape index (κ3) is 3.42. The van der Waals surface area contributed by atoms with E-state index in [2.05, 4.69) is 0 Å². The molecule has 0 heterocycles. The molecule has 2 aromatic rings. The van der Waals surface area contributed by atoms with Crippen molar-refractivity contribution in [3.63, 3.8) is 0 Å². The van der Waals surface area contributed by atoms with Gasteiger partial charge < -0.3 is 9.47 Å². The van der Waals surface area contributed by atoms with Crippen LogP contribution in [-0.2, 0) is 9.47 Å². The number of carbonyl (C=O) groups excluding carboxylic acids is 2. The van der Waals surface area contributed by atoms with Crippen LogP contribution < -0.4 is 0 Å². The summed E-state index contributed by atoms with van der Waals surface area (Å²) < 4.78 is 12.2. The highest BCUT2D eigenvalue weighted by Gasteiger charge is 2.59. The first-order valence-corrected chi connectivity index (χ1v) is 11.2. The number of rotatable bonds is 4. The lowest BCUT2D eigenvalue weighted by atomic mass is 9.53. The third-order valence-corrected chi connectivity index (χ3v) is 7.59. The van der Waals surface area contributed by atoms with E-state index in [9.17, 15) is 9.59 Å². The normalized spacial score (nSPS) is 28.9. The second-order valence-corrected chi connectivity index (χ2v) is 9.19. The Bertz CT molecular complexity index is 901. The van der Waals surface area contributed by atoms with E-state index >= 15 is 0 Å². The van der Waals surface area contributed by atoms with Gasteiger partial charge in [0, 0.05) is 11.8 Å². The largest absolute Gasteiger partial charge is 0.455 e. The molecule has 4 atom stereocenters. The van der Waals surface area contributed by atoms with Crippen LogP contribution in [0.1, 0.15) is 65.7 Å². The average Bonchev–Trinajstić information content (AvgIpc) is 3.25. The Kier molecular flexibility index (Phi) is 5.10. The summed E-state index contributed by atoms with van der Waals surface area (Å²) in [6, 6.07) is 18.2. The molecular weight excluding hydrogens is 376 g/mol. The van der Waals surface area contributed by atoms with E-state index in [1.807, 2.05) is 36.4 Å². The minimum absolute atomic E-state index is 0.250. The van der Waals surface area contributed by atoms with Gasteiger partial charge >= 0.3 is 11.9 Å². The fraction of sp³-hybridized carbons (Fsp3) is 0.462. The van der Waals surface area contributed by atoms with Crippen LogP contribution in [0.2, 0.25) is 0 Å². The molecule has 6 rings (SSSR count). The molecule has 4 unspecified atom stereocenters. The van der Waals surface area contributed by atoms with Crippen molar-refractivity contribution in [2.24, 2.45) is 17.3 Å². The maximum absolute atomic E-state index is 12.9. The quantitative estimate of drug-likeness (QED) is 0.638. The van der Waals surface area contributed by atoms with E-state index in [1.54, 1.807) is 24.3 Å². The molecule has 0 amide bonds. The van der Waals surface area contributed by atoms with Gasteiger partial charge in [-0.2, -0.15) is 0 Å². The molecule has 4 nitrogen and oxygen atoms in total. The Morgan fingerprint density at radius 2 is 1.27 bits per heavy atom. The minimum Gasteiger partial charge on any atom is -0.455 e. The van der Waals surface area contributed by atoms with Gasteiger partial charge in [0.25, 0.3) is 0 Å². The summed E-state index contributed by atoms with van der Waals surface area (Å²) in [4.78, 5) is 25.8. The van der Waals surface area contributed by atoms with Crippen LogP contribution in [0.4, 0.5) is 0 Å². The number of hydrogen-bond acceptors (Lipinski definition) is 4. The van der Waals surface area contributed by atoms with Crippen molar-refractivity contribution < 1.29 is 19.1 Å². The number of esters is 2. The van der Waals surface area contributed by atoms with Crippen molar-refractivity contribution >= 4 is 11.9 Å². The van der Waals surface area contributed by atoms with Crippen molar-refractivity contribution in [2.75, 3.05) is 0 Å². The first kappa shape index (κ1) is 19.3. The Labute approximate surface area is 177 Å². The van der Waals surface area contributed by atoms with Gasteiger partial charge in [0.15, 0.2) is 0 Å². The van der Waals surface area contributed by atoms with Gasteiger partial charge in [0.05, 0.1) is 11.1 Å². The number of ether oxygens (including phenoxy) is 2. The van der Waals surface area contributed by atoms with Gasteiger partial charge in [0.1, 0.15) is 12.2 Å². The molecule has 30 heavy (non-hydrogen) atoms. The summed E-state index contributed by atoms with van der Waals surface area (Å²) in [5, 5.41) is 0. The fourth-order valence-electron chi connectivity index (χ4n) is 6.26. The summed E-state index contributed by atoms with van der Waals surface area (Å²) in [5.74, 6) is -0.114. The summed E-state index contributed by atoms with van der Waals surface area (Å²) in [5.41, 5.74) is 1.34. The predicted octanol–water partition coefficient (Wildman–Crippen LogP) is 5.43. The summed E-state index contributed by atoms with van der Waals surface area (Å²) in [7, 11) is 0. The van der Waals surface area contributed by atoms with Crippen LogP contribution in [0.15, 0.2) is 60.7 Å². The molecule has 1 spiro atoms. The van der Waals surface area contributed by atoms with Gasteiger partial charge in [-0.15, -0.1) is 0 Å². The van der Waals surface area contributed by atoms with E-state index in [0.717, 1.165) is 19.3 Å². The second-order valence-electron chi connectivity index (χ2n) is 9.19. The molecule has 0 N–H and O–H groups in total. The van der Waals surface area contributed by atoms with Crippen molar-refractivity contribution in [1.29, 1.82) is 0 Å². The highest BCUT2D eigenvalue weighted by molar-refractivity contribution is 5.90. The van der Waals surface area contributed by atoms with Crippen LogP contribution in [0.25, 0.3) is 0 Å². The van der Waals surface area contributed by atoms with Gasteiger partial charge in [-0.1, -0.05) is 49.2 Å². The van der Waals surface area contributed by atoms with Crippen molar-refractivity contribution in [3.05, 3.63) is 71.8 Å². The SMILES string of the molecule is O=C(OC1C2CCC(C1OC(=O)c1ccccc1)C1(CCCC1)C2)c1ccccc1. The highest BCUT2D eigenvalue weighted by atomic mass is 16.6. The Balaban J connectivity index is 1.42. The van der Waals surface area contributed by atoms with Crippen molar-refractivity contribution in [2.45, 2.75) is 57.2 Å². The first-order chi connectivity index (χ1) is 14.7. The Hall–Kier alpha value is -2.62. The number of hydrogen-bond donors (Lipinski definition) is 0. The molecule has 4 heteroatoms. The zero-order valence-electron chi connectivity index (χ0n) is 17.2. The molecule has 2 bridgehead atoms. The van der Waals surface area contributed by atoms with Crippen molar-refractivity contribution in [3.8, 4) is 0 Å². The average molecular weight is 405 g/mol. The molecule has 0 radical (unpaired) electrons. The van der Waals surface area contributed by atoms with Crippen molar-refractivity contribution in [1.82, 2.24) is 0 Å². The standard InChI is InChI=1S/C26H28O4/c27-24(18-9-3-1-4-10-18)29-22-20-13-14-21(26(17-20)15-7-8-16-26)23(22)30-25(28)19-11-5-2-6-12-19/h1-6,9-12,20-23H,7-8,13-17H2. The van der Waals surface area contributed by atoms with Gasteiger partial charge in [-0.05, 0) is 61.8 Å². The monoisotopic (exact) mass is 404 g/mol. The van der Waals surface area contributed by atoms with Crippen LogP contribution in [0.3, 0.4) is 0 Å². The van der Waals surface area contributed by atoms with Gasteiger partial charge in [-0.25, -0.2) is 9.59 Å². The summed E-state index contributed by atoms with van der Waals surface area (Å²) >= 11 is 0. The molecule has 0 aliphatic heterocycles. The first-order valence-electron chi connectivity index (χ1n) is 11.2. The number of fused-ring (bicyclic) bond motifs is 2. The molecule has 156 valence electrons. The van der Waals surface area contributed by atoms with E-state index in [4.69, 9.17) is 9.47 Å². The van der Waals surface area contributed by atoms with E-state index in [1.165, 1.54) is 25.7 Å². The molecule has 4 aliphatic rings. The van der Waals surface area contributed by atoms with Gasteiger partial charge in [0.2, 0.25) is 0 Å². The minimum atomic E-state index is -0.365. The van der Waals surface area contributed by atoms with Crippen LogP contribution in [0, 0.1) is 17.3 Å². The zero-order valence-corrected chi connectivity index (χ0v) is 17.2. The van der Waals surface area contributed by atoms with Crippen LogP contribution in [0.5, 0.6) is 0 Å². The second kappa shape index (κ2) is 7.90. The molecule has 0 saturated heterocycles. The molecule has 2 aromatic carbocycles. The molecule has 4 fully saturated rings. The Morgan fingerprint density at radius 1 is 0.733 bits per heavy atom. The number of benzene rings is 2. The van der Waals surface area contributed by atoms with E-state index < -0.39 is 0 Å². The topological polar surface area (TPSA) is 52.6 Å². The fourth-order valence-corrected chi connectivity index (χ4v) is 6.26. The molecule has 4 aliphatic carbocycles. The maximum Gasteiger partial charge on any atom is 0.338 e. The summed E-state index contributed by atoms with van der Waals surface area (Å²) in [6.45, 7) is 0. The van der Waals surface area contributed by atoms with Gasteiger partial charge in [-0.3, -0.25) is 0 Å². The molecule has 4 saturated carbocycles. The third-order valence-electron chi connectivity index (χ3n) is 7.59. The summed E-state index contributed by atoms with van der Waals surface area (Å²) in [6.07, 6.45) is 7.35. The lowest BCUT2D eigenvalue weighted by Gasteiger charge is -2.56. The maximum atomic E-state index is 12.9. The predicted molar refractivity (Wildman–Crippen MR) is 113 cm³/mol. The Morgan fingerprint density at radius 3 is 1.83 bits per heavy atom. The number of carbonyl (C=O) groups is 2. The van der Waals surface area contributed by atoms with E-state index in [-0.39, 0.29) is 41.4 Å². The molecular formula is C26H28O4. The molecule has 0 aromatic heterocycles. The smallest absolute Gasteiger partial charge is 0.338 e. The highest BCUT2D eigenvalue weighted by Crippen LogP contribution is 2.61. The zero-order chi connectivity index (χ0) is 20.6. The van der Waals surface area contributed by atoms with Crippen LogP contribution in [-0.4, -0.2) is 24.1 Å². The van der Waals surface area contributed by atoms with Crippen LogP contribution >= 0.6 is 0 Å². The van der Waals surface area contributed by atoms with E-state index in [0.29, 0.717) is 11.1 Å². The lowest BCUT2D eigenvalue weighted by molar-refractivity contribution is -0.170.